The normalized spacial score (nSPS) is 10.6. The quantitative estimate of drug-likeness (QED) is 0.494. The first-order chi connectivity index (χ1) is 12.5. The van der Waals surface area contributed by atoms with Crippen molar-refractivity contribution < 1.29 is 19.1 Å². The van der Waals surface area contributed by atoms with E-state index in [4.69, 9.17) is 27.9 Å². The van der Waals surface area contributed by atoms with Crippen molar-refractivity contribution >= 4 is 51.7 Å². The first kappa shape index (κ1) is 18.1. The van der Waals surface area contributed by atoms with E-state index in [2.05, 4.69) is 15.0 Å². The minimum absolute atomic E-state index is 0.103. The Hall–Kier alpha value is -2.70. The molecule has 2 N–H and O–H groups in total. The number of nitrogens with one attached hydrogen (secondary N) is 2. The van der Waals surface area contributed by atoms with Gasteiger partial charge in [0, 0.05) is 22.8 Å². The summed E-state index contributed by atoms with van der Waals surface area (Å²) in [6, 6.07) is 10.3. The number of ether oxygens (including phenoxy) is 2. The molecule has 1 aromatic heterocycles. The van der Waals surface area contributed by atoms with Crippen molar-refractivity contribution in [1.82, 2.24) is 4.98 Å². The first-order valence-electron chi connectivity index (χ1n) is 7.70. The van der Waals surface area contributed by atoms with E-state index in [9.17, 15) is 9.59 Å². The lowest BCUT2D eigenvalue weighted by Gasteiger charge is -2.12. The summed E-state index contributed by atoms with van der Waals surface area (Å²) in [5, 5.41) is 3.73. The number of benzene rings is 2. The van der Waals surface area contributed by atoms with Crippen LogP contribution in [0.1, 0.15) is 6.92 Å². The molecule has 0 aliphatic heterocycles. The second-order valence-corrected chi connectivity index (χ2v) is 6.09. The summed E-state index contributed by atoms with van der Waals surface area (Å²) in [5.41, 5.74) is 1.23. The molecule has 0 aliphatic rings. The molecule has 3 rings (SSSR count). The van der Waals surface area contributed by atoms with Crippen molar-refractivity contribution in [2.75, 3.05) is 11.9 Å². The first-order valence-corrected chi connectivity index (χ1v) is 8.45. The third-order valence-corrected chi connectivity index (χ3v) is 4.02. The maximum atomic E-state index is 11.7. The molecule has 1 heterocycles. The summed E-state index contributed by atoms with van der Waals surface area (Å²) in [5.74, 6) is -1.09. The second-order valence-electron chi connectivity index (χ2n) is 5.27. The van der Waals surface area contributed by atoms with E-state index in [-0.39, 0.29) is 28.1 Å². The molecule has 0 saturated heterocycles. The Morgan fingerprint density at radius 1 is 1.12 bits per heavy atom. The number of anilines is 1. The van der Waals surface area contributed by atoms with Crippen LogP contribution in [0.3, 0.4) is 0 Å². The fraction of sp³-hybridized carbons (Fsp3) is 0.111. The highest BCUT2D eigenvalue weighted by molar-refractivity contribution is 6.39. The highest BCUT2D eigenvalue weighted by Gasteiger charge is 2.17. The molecule has 8 heteroatoms. The van der Waals surface area contributed by atoms with E-state index < -0.39 is 11.9 Å². The fourth-order valence-electron chi connectivity index (χ4n) is 2.32. The predicted molar refractivity (Wildman–Crippen MR) is 100 cm³/mol. The highest BCUT2D eigenvalue weighted by Crippen LogP contribution is 2.39. The number of carbonyl (C=O) groups excluding carboxylic acids is 2. The summed E-state index contributed by atoms with van der Waals surface area (Å²) >= 11 is 12.4. The average molecular weight is 393 g/mol. The van der Waals surface area contributed by atoms with Gasteiger partial charge in [0.05, 0.1) is 16.7 Å². The van der Waals surface area contributed by atoms with Crippen LogP contribution in [0.15, 0.2) is 42.6 Å². The van der Waals surface area contributed by atoms with Gasteiger partial charge in [0.15, 0.2) is 5.75 Å². The summed E-state index contributed by atoms with van der Waals surface area (Å²) in [7, 11) is 0. The minimum Gasteiger partial charge on any atom is -0.459 e. The maximum Gasteiger partial charge on any atom is 0.397 e. The van der Waals surface area contributed by atoms with Crippen LogP contribution in [0.2, 0.25) is 10.0 Å². The third kappa shape index (κ3) is 3.92. The van der Waals surface area contributed by atoms with E-state index in [1.54, 1.807) is 13.0 Å². The van der Waals surface area contributed by atoms with Gasteiger partial charge in [-0.2, -0.15) is 0 Å². The van der Waals surface area contributed by atoms with Crippen molar-refractivity contribution in [3.8, 4) is 11.5 Å². The molecule has 0 atom stereocenters. The molecule has 0 saturated carbocycles. The zero-order valence-electron chi connectivity index (χ0n) is 13.6. The van der Waals surface area contributed by atoms with Crippen LogP contribution >= 0.6 is 23.2 Å². The lowest BCUT2D eigenvalue weighted by atomic mass is 10.2. The van der Waals surface area contributed by atoms with Crippen LogP contribution in [-0.2, 0) is 14.3 Å². The molecule has 3 aromatic rings. The standard InChI is InChI=1S/C18H14Cl2N2O4/c1-2-25-18(24)17(23)22-11-8-13(19)16(14(20)9-11)26-12-3-4-15-10(7-12)5-6-21-15/h3-9,21H,2H2,1H3,(H,22,23). The van der Waals surface area contributed by atoms with Crippen LogP contribution in [0, 0.1) is 0 Å². The van der Waals surface area contributed by atoms with Gasteiger partial charge in [0.2, 0.25) is 0 Å². The average Bonchev–Trinajstić information content (AvgIpc) is 3.06. The number of rotatable bonds is 4. The molecular weight excluding hydrogens is 379 g/mol. The van der Waals surface area contributed by atoms with Gasteiger partial charge in [-0.1, -0.05) is 23.2 Å². The van der Waals surface area contributed by atoms with E-state index >= 15 is 0 Å². The molecule has 1 amide bonds. The lowest BCUT2D eigenvalue weighted by Crippen LogP contribution is -2.24. The number of aromatic nitrogens is 1. The summed E-state index contributed by atoms with van der Waals surface area (Å²) < 4.78 is 10.4. The number of carbonyl (C=O) groups is 2. The Kier molecular flexibility index (Phi) is 5.35. The highest BCUT2D eigenvalue weighted by atomic mass is 35.5. The van der Waals surface area contributed by atoms with Crippen molar-refractivity contribution in [2.24, 2.45) is 0 Å². The van der Waals surface area contributed by atoms with Crippen LogP contribution in [0.4, 0.5) is 5.69 Å². The number of esters is 1. The van der Waals surface area contributed by atoms with E-state index in [1.165, 1.54) is 12.1 Å². The number of aromatic amines is 1. The maximum absolute atomic E-state index is 11.7. The summed E-state index contributed by atoms with van der Waals surface area (Å²) in [4.78, 5) is 26.2. The summed E-state index contributed by atoms with van der Waals surface area (Å²) in [6.07, 6.45) is 1.83. The van der Waals surface area contributed by atoms with Gasteiger partial charge < -0.3 is 19.8 Å². The van der Waals surface area contributed by atoms with Crippen molar-refractivity contribution in [2.45, 2.75) is 6.92 Å². The zero-order chi connectivity index (χ0) is 18.7. The molecule has 26 heavy (non-hydrogen) atoms. The lowest BCUT2D eigenvalue weighted by molar-refractivity contribution is -0.152. The van der Waals surface area contributed by atoms with E-state index in [1.807, 2.05) is 24.4 Å². The molecule has 0 fully saturated rings. The van der Waals surface area contributed by atoms with Crippen LogP contribution < -0.4 is 10.1 Å². The Labute approximate surface area is 159 Å². The monoisotopic (exact) mass is 392 g/mol. The van der Waals surface area contributed by atoms with Crippen molar-refractivity contribution in [3.63, 3.8) is 0 Å². The van der Waals surface area contributed by atoms with Crippen molar-refractivity contribution in [3.05, 3.63) is 52.6 Å². The Morgan fingerprint density at radius 3 is 2.54 bits per heavy atom. The number of hydrogen-bond acceptors (Lipinski definition) is 4. The van der Waals surface area contributed by atoms with Crippen LogP contribution in [0.25, 0.3) is 10.9 Å². The predicted octanol–water partition coefficient (Wildman–Crippen LogP) is 4.77. The molecular formula is C18H14Cl2N2O4. The van der Waals surface area contributed by atoms with E-state index in [0.29, 0.717) is 5.75 Å². The second kappa shape index (κ2) is 7.68. The van der Waals surface area contributed by atoms with Gasteiger partial charge in [-0.05, 0) is 43.3 Å². The fourth-order valence-corrected chi connectivity index (χ4v) is 2.89. The largest absolute Gasteiger partial charge is 0.459 e. The molecule has 0 unspecified atom stereocenters. The van der Waals surface area contributed by atoms with Gasteiger partial charge >= 0.3 is 11.9 Å². The molecule has 0 bridgehead atoms. The smallest absolute Gasteiger partial charge is 0.397 e. The Balaban J connectivity index is 1.80. The number of amides is 1. The van der Waals surface area contributed by atoms with Gasteiger partial charge in [-0.15, -0.1) is 0 Å². The van der Waals surface area contributed by atoms with E-state index in [0.717, 1.165) is 10.9 Å². The molecule has 0 spiro atoms. The molecule has 2 aromatic carbocycles. The molecule has 0 aliphatic carbocycles. The number of H-pyrrole nitrogens is 1. The number of halogens is 2. The van der Waals surface area contributed by atoms with Gasteiger partial charge in [-0.3, -0.25) is 4.79 Å². The zero-order valence-corrected chi connectivity index (χ0v) is 15.1. The molecule has 6 nitrogen and oxygen atoms in total. The summed E-state index contributed by atoms with van der Waals surface area (Å²) in [6.45, 7) is 1.71. The Bertz CT molecular complexity index is 961. The number of fused-ring (bicyclic) bond motifs is 1. The van der Waals surface area contributed by atoms with Gasteiger partial charge in [0.25, 0.3) is 0 Å². The minimum atomic E-state index is -0.986. The molecule has 0 radical (unpaired) electrons. The topological polar surface area (TPSA) is 80.4 Å². The van der Waals surface area contributed by atoms with Gasteiger partial charge in [0.1, 0.15) is 5.75 Å². The van der Waals surface area contributed by atoms with Crippen LogP contribution in [-0.4, -0.2) is 23.5 Å². The van der Waals surface area contributed by atoms with Crippen LogP contribution in [0.5, 0.6) is 11.5 Å². The third-order valence-electron chi connectivity index (χ3n) is 3.46. The van der Waals surface area contributed by atoms with Crippen molar-refractivity contribution in [1.29, 1.82) is 0 Å². The SMILES string of the molecule is CCOC(=O)C(=O)Nc1cc(Cl)c(Oc2ccc3[nH]ccc3c2)c(Cl)c1. The Morgan fingerprint density at radius 2 is 1.85 bits per heavy atom. The molecule has 134 valence electrons. The van der Waals surface area contributed by atoms with Gasteiger partial charge in [-0.25, -0.2) is 4.79 Å². The number of hydrogen-bond donors (Lipinski definition) is 2.